The molecule has 21 heavy (non-hydrogen) atoms. The monoisotopic (exact) mass is 286 g/mol. The van der Waals surface area contributed by atoms with Crippen molar-refractivity contribution in [1.82, 2.24) is 20.2 Å². The summed E-state index contributed by atoms with van der Waals surface area (Å²) in [4.78, 5) is 0. The van der Waals surface area contributed by atoms with Gasteiger partial charge >= 0.3 is 0 Å². The van der Waals surface area contributed by atoms with Gasteiger partial charge in [-0.05, 0) is 53.3 Å². The molecule has 1 aromatic heterocycles. The van der Waals surface area contributed by atoms with E-state index in [4.69, 9.17) is 11.5 Å². The van der Waals surface area contributed by atoms with Crippen molar-refractivity contribution in [2.24, 2.45) is 11.8 Å². The van der Waals surface area contributed by atoms with E-state index in [1.54, 1.807) is 6.07 Å². The SMILES string of the molecule is CC1CCCC(Cn2nnnc2-c2ccc(N)cc2N)C1. The van der Waals surface area contributed by atoms with Gasteiger partial charge in [-0.2, -0.15) is 0 Å². The Balaban J connectivity index is 1.83. The summed E-state index contributed by atoms with van der Waals surface area (Å²) in [5.74, 6) is 2.17. The standard InChI is InChI=1S/C15H22N6/c1-10-3-2-4-11(7-10)9-21-15(18-19-20-21)13-6-5-12(16)8-14(13)17/h5-6,8,10-11H,2-4,7,9,16-17H2,1H3. The van der Waals surface area contributed by atoms with Crippen molar-refractivity contribution in [3.05, 3.63) is 18.2 Å². The molecule has 0 amide bonds. The van der Waals surface area contributed by atoms with E-state index in [-0.39, 0.29) is 0 Å². The molecule has 0 saturated heterocycles. The van der Waals surface area contributed by atoms with E-state index in [0.29, 0.717) is 17.3 Å². The minimum atomic E-state index is 0.614. The van der Waals surface area contributed by atoms with Crippen LogP contribution < -0.4 is 11.5 Å². The first kappa shape index (κ1) is 13.9. The Labute approximate surface area is 124 Å². The molecule has 2 aromatic rings. The third-order valence-corrected chi connectivity index (χ3v) is 4.32. The fourth-order valence-corrected chi connectivity index (χ4v) is 3.28. The Morgan fingerprint density at radius 2 is 2.14 bits per heavy atom. The van der Waals surface area contributed by atoms with Crippen LogP contribution in [0, 0.1) is 11.8 Å². The summed E-state index contributed by atoms with van der Waals surface area (Å²) < 4.78 is 1.88. The summed E-state index contributed by atoms with van der Waals surface area (Å²) in [6, 6.07) is 5.46. The highest BCUT2D eigenvalue weighted by Crippen LogP contribution is 2.31. The quantitative estimate of drug-likeness (QED) is 0.844. The second-order valence-corrected chi connectivity index (χ2v) is 6.17. The molecule has 0 radical (unpaired) electrons. The third kappa shape index (κ3) is 2.99. The summed E-state index contributed by atoms with van der Waals surface area (Å²) in [5.41, 5.74) is 13.9. The second-order valence-electron chi connectivity index (χ2n) is 6.17. The van der Waals surface area contributed by atoms with Crippen molar-refractivity contribution in [2.45, 2.75) is 39.2 Å². The molecular formula is C15H22N6. The lowest BCUT2D eigenvalue weighted by atomic mass is 9.82. The van der Waals surface area contributed by atoms with Gasteiger partial charge in [-0.25, -0.2) is 4.68 Å². The average molecular weight is 286 g/mol. The summed E-state index contributed by atoms with van der Waals surface area (Å²) in [6.45, 7) is 3.18. The van der Waals surface area contributed by atoms with Crippen molar-refractivity contribution in [3.63, 3.8) is 0 Å². The van der Waals surface area contributed by atoms with Gasteiger partial charge in [-0.3, -0.25) is 0 Å². The molecule has 6 heteroatoms. The number of nitrogen functional groups attached to an aromatic ring is 2. The maximum Gasteiger partial charge on any atom is 0.184 e. The first-order chi connectivity index (χ1) is 10.1. The minimum absolute atomic E-state index is 0.614. The number of anilines is 2. The Bertz CT molecular complexity index is 620. The van der Waals surface area contributed by atoms with Crippen LogP contribution in [-0.4, -0.2) is 20.2 Å². The van der Waals surface area contributed by atoms with Crippen LogP contribution in [0.15, 0.2) is 18.2 Å². The molecule has 2 unspecified atom stereocenters. The van der Waals surface area contributed by atoms with Gasteiger partial charge in [-0.1, -0.05) is 19.8 Å². The Hall–Kier alpha value is -2.11. The molecule has 0 spiro atoms. The van der Waals surface area contributed by atoms with E-state index in [9.17, 15) is 0 Å². The zero-order valence-electron chi connectivity index (χ0n) is 12.4. The summed E-state index contributed by atoms with van der Waals surface area (Å²) >= 11 is 0. The molecule has 2 atom stereocenters. The molecule has 3 rings (SSSR count). The van der Waals surface area contributed by atoms with E-state index in [2.05, 4.69) is 22.4 Å². The Morgan fingerprint density at radius 1 is 1.29 bits per heavy atom. The number of hydrogen-bond acceptors (Lipinski definition) is 5. The van der Waals surface area contributed by atoms with E-state index in [1.807, 2.05) is 16.8 Å². The lowest BCUT2D eigenvalue weighted by molar-refractivity contribution is 0.249. The summed E-state index contributed by atoms with van der Waals surface area (Å²) in [6.07, 6.45) is 5.13. The van der Waals surface area contributed by atoms with Gasteiger partial charge in [0.15, 0.2) is 5.82 Å². The smallest absolute Gasteiger partial charge is 0.184 e. The molecule has 4 N–H and O–H groups in total. The molecule has 0 aliphatic heterocycles. The molecule has 6 nitrogen and oxygen atoms in total. The zero-order chi connectivity index (χ0) is 14.8. The van der Waals surface area contributed by atoms with Crippen LogP contribution in [0.5, 0.6) is 0 Å². The highest BCUT2D eigenvalue weighted by molar-refractivity contribution is 5.74. The maximum atomic E-state index is 6.05. The second kappa shape index (κ2) is 5.71. The number of nitrogens with zero attached hydrogens (tertiary/aromatic N) is 4. The van der Waals surface area contributed by atoms with Gasteiger partial charge in [0, 0.05) is 23.5 Å². The molecular weight excluding hydrogens is 264 g/mol. The van der Waals surface area contributed by atoms with Gasteiger partial charge in [0.1, 0.15) is 0 Å². The third-order valence-electron chi connectivity index (χ3n) is 4.32. The number of hydrogen-bond donors (Lipinski definition) is 2. The topological polar surface area (TPSA) is 95.6 Å². The van der Waals surface area contributed by atoms with E-state index in [1.165, 1.54) is 25.7 Å². The van der Waals surface area contributed by atoms with Gasteiger partial charge < -0.3 is 11.5 Å². The van der Waals surface area contributed by atoms with Crippen LogP contribution in [-0.2, 0) is 6.54 Å². The molecule has 1 saturated carbocycles. The predicted molar refractivity (Wildman–Crippen MR) is 83.2 cm³/mol. The lowest BCUT2D eigenvalue weighted by Crippen LogP contribution is -2.20. The first-order valence-electron chi connectivity index (χ1n) is 7.55. The van der Waals surface area contributed by atoms with E-state index < -0.39 is 0 Å². The van der Waals surface area contributed by atoms with Gasteiger partial charge in [0.25, 0.3) is 0 Å². The van der Waals surface area contributed by atoms with Crippen LogP contribution in [0.2, 0.25) is 0 Å². The Morgan fingerprint density at radius 3 is 2.90 bits per heavy atom. The van der Waals surface area contributed by atoms with Crippen LogP contribution >= 0.6 is 0 Å². The molecule has 112 valence electrons. The van der Waals surface area contributed by atoms with Crippen molar-refractivity contribution >= 4 is 11.4 Å². The summed E-state index contributed by atoms with van der Waals surface area (Å²) in [5, 5.41) is 12.1. The van der Waals surface area contributed by atoms with Crippen molar-refractivity contribution < 1.29 is 0 Å². The van der Waals surface area contributed by atoms with Crippen LogP contribution in [0.1, 0.15) is 32.6 Å². The lowest BCUT2D eigenvalue weighted by Gasteiger charge is -2.26. The van der Waals surface area contributed by atoms with Crippen molar-refractivity contribution in [1.29, 1.82) is 0 Å². The molecule has 1 fully saturated rings. The van der Waals surface area contributed by atoms with Crippen LogP contribution in [0.25, 0.3) is 11.4 Å². The highest BCUT2D eigenvalue weighted by Gasteiger charge is 2.21. The average Bonchev–Trinajstić information content (AvgIpc) is 2.87. The highest BCUT2D eigenvalue weighted by atomic mass is 15.5. The van der Waals surface area contributed by atoms with Gasteiger partial charge in [-0.15, -0.1) is 5.10 Å². The largest absolute Gasteiger partial charge is 0.399 e. The fraction of sp³-hybridized carbons (Fsp3) is 0.533. The molecule has 1 heterocycles. The van der Waals surface area contributed by atoms with E-state index >= 15 is 0 Å². The first-order valence-corrected chi connectivity index (χ1v) is 7.55. The number of aromatic nitrogens is 4. The van der Waals surface area contributed by atoms with Gasteiger partial charge in [0.2, 0.25) is 0 Å². The predicted octanol–water partition coefficient (Wildman–Crippen LogP) is 2.33. The number of tetrazole rings is 1. The molecule has 0 bridgehead atoms. The van der Waals surface area contributed by atoms with Crippen LogP contribution in [0.4, 0.5) is 11.4 Å². The van der Waals surface area contributed by atoms with Crippen molar-refractivity contribution in [2.75, 3.05) is 11.5 Å². The fourth-order valence-electron chi connectivity index (χ4n) is 3.28. The van der Waals surface area contributed by atoms with Crippen molar-refractivity contribution in [3.8, 4) is 11.4 Å². The Kier molecular flexibility index (Phi) is 3.77. The number of nitrogens with two attached hydrogens (primary N) is 2. The molecule has 1 aliphatic rings. The summed E-state index contributed by atoms with van der Waals surface area (Å²) in [7, 11) is 0. The normalized spacial score (nSPS) is 22.3. The number of rotatable bonds is 3. The van der Waals surface area contributed by atoms with E-state index in [0.717, 1.165) is 23.9 Å². The van der Waals surface area contributed by atoms with Crippen LogP contribution in [0.3, 0.4) is 0 Å². The molecule has 1 aliphatic carbocycles. The minimum Gasteiger partial charge on any atom is -0.399 e. The maximum absolute atomic E-state index is 6.05. The molecule has 1 aromatic carbocycles. The van der Waals surface area contributed by atoms with Gasteiger partial charge in [0.05, 0.1) is 0 Å². The zero-order valence-corrected chi connectivity index (χ0v) is 12.4. The number of benzene rings is 1.